The molecule has 2 aromatic carbocycles. The molecule has 2 aliphatic rings. The number of fused-ring (bicyclic) bond motifs is 2. The summed E-state index contributed by atoms with van der Waals surface area (Å²) in [4.78, 5) is 26.6. The molecule has 1 heterocycles. The smallest absolute Gasteiger partial charge is 0.312 e. The van der Waals surface area contributed by atoms with Gasteiger partial charge in [-0.2, -0.15) is 0 Å². The van der Waals surface area contributed by atoms with Crippen molar-refractivity contribution in [2.75, 3.05) is 0 Å². The maximum Gasteiger partial charge on any atom is 0.312 e. The summed E-state index contributed by atoms with van der Waals surface area (Å²) in [6.45, 7) is 6.19. The first-order valence-corrected chi connectivity index (χ1v) is 13.1. The average Bonchev–Trinajstić information content (AvgIpc) is 3.66. The van der Waals surface area contributed by atoms with Crippen LogP contribution in [0.2, 0.25) is 0 Å². The second-order valence-corrected chi connectivity index (χ2v) is 10.1. The predicted octanol–water partition coefficient (Wildman–Crippen LogP) is 7.59. The molecule has 0 N–H and O–H groups in total. The quantitative estimate of drug-likeness (QED) is 0.241. The SMILES string of the molecule is CCCCCCC(OC(=O)C1(CC)CC1)C(C)C(=O)CC1c2ccccc2Oc2ccccc21. The highest BCUT2D eigenvalue weighted by molar-refractivity contribution is 5.84. The van der Waals surface area contributed by atoms with E-state index in [1.165, 1.54) is 0 Å². The van der Waals surface area contributed by atoms with Gasteiger partial charge in [0.25, 0.3) is 0 Å². The van der Waals surface area contributed by atoms with Gasteiger partial charge in [-0.3, -0.25) is 9.59 Å². The van der Waals surface area contributed by atoms with Gasteiger partial charge in [-0.05, 0) is 44.2 Å². The summed E-state index contributed by atoms with van der Waals surface area (Å²) in [7, 11) is 0. The number of rotatable bonds is 12. The Morgan fingerprint density at radius 1 is 0.971 bits per heavy atom. The summed E-state index contributed by atoms with van der Waals surface area (Å²) in [5, 5.41) is 0. The van der Waals surface area contributed by atoms with E-state index in [4.69, 9.17) is 9.47 Å². The van der Waals surface area contributed by atoms with Gasteiger partial charge < -0.3 is 9.47 Å². The largest absolute Gasteiger partial charge is 0.461 e. The molecule has 0 radical (unpaired) electrons. The van der Waals surface area contributed by atoms with E-state index < -0.39 is 0 Å². The number of unbranched alkanes of at least 4 members (excludes halogenated alkanes) is 3. The van der Waals surface area contributed by atoms with Crippen LogP contribution in [0, 0.1) is 11.3 Å². The van der Waals surface area contributed by atoms with Crippen molar-refractivity contribution in [3.8, 4) is 11.5 Å². The Kier molecular flexibility index (Phi) is 7.75. The van der Waals surface area contributed by atoms with Crippen molar-refractivity contribution in [3.05, 3.63) is 59.7 Å². The molecule has 0 amide bonds. The van der Waals surface area contributed by atoms with E-state index in [2.05, 4.69) is 13.8 Å². The molecule has 2 unspecified atom stereocenters. The Labute approximate surface area is 204 Å². The Bertz CT molecular complexity index is 961. The Morgan fingerprint density at radius 2 is 1.59 bits per heavy atom. The van der Waals surface area contributed by atoms with Gasteiger partial charge in [-0.1, -0.05) is 76.4 Å². The van der Waals surface area contributed by atoms with Crippen molar-refractivity contribution >= 4 is 11.8 Å². The number of para-hydroxylation sites is 2. The minimum atomic E-state index is -0.355. The molecule has 34 heavy (non-hydrogen) atoms. The first-order valence-electron chi connectivity index (χ1n) is 13.1. The third-order valence-corrected chi connectivity index (χ3v) is 7.84. The van der Waals surface area contributed by atoms with Gasteiger partial charge in [0, 0.05) is 23.5 Å². The number of hydrogen-bond donors (Lipinski definition) is 0. The Morgan fingerprint density at radius 3 is 2.15 bits per heavy atom. The number of hydrogen-bond acceptors (Lipinski definition) is 4. The fourth-order valence-electron chi connectivity index (χ4n) is 5.12. The third-order valence-electron chi connectivity index (χ3n) is 7.84. The van der Waals surface area contributed by atoms with Gasteiger partial charge in [-0.15, -0.1) is 0 Å². The van der Waals surface area contributed by atoms with Gasteiger partial charge in [-0.25, -0.2) is 0 Å². The number of carbonyl (C=O) groups is 2. The maximum atomic E-state index is 13.6. The van der Waals surface area contributed by atoms with Crippen LogP contribution < -0.4 is 4.74 Å². The molecule has 2 atom stereocenters. The van der Waals surface area contributed by atoms with Crippen molar-refractivity contribution < 1.29 is 19.1 Å². The van der Waals surface area contributed by atoms with Gasteiger partial charge in [0.1, 0.15) is 23.4 Å². The van der Waals surface area contributed by atoms with Crippen molar-refractivity contribution in [2.24, 2.45) is 11.3 Å². The van der Waals surface area contributed by atoms with Crippen LogP contribution in [0.3, 0.4) is 0 Å². The standard InChI is InChI=1S/C30H38O4/c1-4-6-7-8-15-26(34-29(32)30(5-2)18-19-30)21(3)25(31)20-24-22-13-9-11-16-27(22)33-28-17-12-10-14-23(24)28/h9-14,16-17,21,24,26H,4-8,15,18-20H2,1-3H3. The summed E-state index contributed by atoms with van der Waals surface area (Å²) in [6.07, 6.45) is 7.79. The molecule has 1 saturated carbocycles. The lowest BCUT2D eigenvalue weighted by Crippen LogP contribution is -2.34. The van der Waals surface area contributed by atoms with E-state index in [0.29, 0.717) is 6.42 Å². The molecule has 182 valence electrons. The maximum absolute atomic E-state index is 13.6. The lowest BCUT2D eigenvalue weighted by atomic mass is 9.81. The number of ketones is 1. The van der Waals surface area contributed by atoms with Gasteiger partial charge >= 0.3 is 5.97 Å². The Balaban J connectivity index is 1.51. The zero-order valence-electron chi connectivity index (χ0n) is 20.8. The van der Waals surface area contributed by atoms with Crippen LogP contribution in [-0.2, 0) is 14.3 Å². The van der Waals surface area contributed by atoms with E-state index in [0.717, 1.165) is 74.0 Å². The summed E-state index contributed by atoms with van der Waals surface area (Å²) in [5.41, 5.74) is 1.78. The normalized spacial score (nSPS) is 17.6. The Hall–Kier alpha value is -2.62. The molecule has 4 rings (SSSR count). The van der Waals surface area contributed by atoms with Crippen molar-refractivity contribution in [3.63, 3.8) is 0 Å². The van der Waals surface area contributed by atoms with Crippen LogP contribution in [0.5, 0.6) is 11.5 Å². The topological polar surface area (TPSA) is 52.6 Å². The highest BCUT2D eigenvalue weighted by Crippen LogP contribution is 2.50. The molecule has 1 aliphatic heterocycles. The molecule has 0 bridgehead atoms. The van der Waals surface area contributed by atoms with Gasteiger partial charge in [0.2, 0.25) is 0 Å². The zero-order valence-corrected chi connectivity index (χ0v) is 20.8. The predicted molar refractivity (Wildman–Crippen MR) is 134 cm³/mol. The van der Waals surface area contributed by atoms with Crippen molar-refractivity contribution in [1.29, 1.82) is 0 Å². The average molecular weight is 463 g/mol. The molecule has 0 spiro atoms. The fourth-order valence-corrected chi connectivity index (χ4v) is 5.12. The fraction of sp³-hybridized carbons (Fsp3) is 0.533. The lowest BCUT2D eigenvalue weighted by molar-refractivity contribution is -0.160. The van der Waals surface area contributed by atoms with Crippen LogP contribution in [0.4, 0.5) is 0 Å². The summed E-state index contributed by atoms with van der Waals surface area (Å²) in [6, 6.07) is 15.9. The minimum absolute atomic E-state index is 0.0574. The molecule has 0 saturated heterocycles. The number of Topliss-reactive ketones (excluding diaryl/α,β-unsaturated/α-hetero) is 1. The van der Waals surface area contributed by atoms with Gasteiger partial charge in [0.15, 0.2) is 0 Å². The molecular weight excluding hydrogens is 424 g/mol. The summed E-state index contributed by atoms with van der Waals surface area (Å²) in [5.74, 6) is 1.28. The van der Waals surface area contributed by atoms with E-state index in [1.54, 1.807) is 0 Å². The number of benzene rings is 2. The molecule has 4 nitrogen and oxygen atoms in total. The van der Waals surface area contributed by atoms with E-state index >= 15 is 0 Å². The van der Waals surface area contributed by atoms with E-state index in [-0.39, 0.29) is 35.1 Å². The van der Waals surface area contributed by atoms with Crippen LogP contribution in [-0.4, -0.2) is 17.9 Å². The first kappa shape index (κ1) is 24.5. The summed E-state index contributed by atoms with van der Waals surface area (Å²) >= 11 is 0. The number of carbonyl (C=O) groups excluding carboxylic acids is 2. The molecule has 2 aromatic rings. The zero-order chi connectivity index (χ0) is 24.1. The van der Waals surface area contributed by atoms with E-state index in [9.17, 15) is 9.59 Å². The molecule has 0 aromatic heterocycles. The van der Waals surface area contributed by atoms with E-state index in [1.807, 2.05) is 55.5 Å². The van der Waals surface area contributed by atoms with Crippen molar-refractivity contribution in [2.45, 2.75) is 90.6 Å². The third kappa shape index (κ3) is 5.21. The van der Waals surface area contributed by atoms with Crippen LogP contribution in [0.1, 0.15) is 95.6 Å². The lowest BCUT2D eigenvalue weighted by Gasteiger charge is -2.30. The molecular formula is C30H38O4. The van der Waals surface area contributed by atoms with Crippen molar-refractivity contribution in [1.82, 2.24) is 0 Å². The van der Waals surface area contributed by atoms with Crippen LogP contribution in [0.25, 0.3) is 0 Å². The molecule has 1 aliphatic carbocycles. The monoisotopic (exact) mass is 462 g/mol. The summed E-state index contributed by atoms with van der Waals surface area (Å²) < 4.78 is 12.2. The van der Waals surface area contributed by atoms with Crippen LogP contribution >= 0.6 is 0 Å². The minimum Gasteiger partial charge on any atom is -0.461 e. The molecule has 4 heteroatoms. The second-order valence-electron chi connectivity index (χ2n) is 10.1. The van der Waals surface area contributed by atoms with Crippen LogP contribution in [0.15, 0.2) is 48.5 Å². The van der Waals surface area contributed by atoms with Gasteiger partial charge in [0.05, 0.1) is 11.3 Å². The highest BCUT2D eigenvalue weighted by atomic mass is 16.5. The first-order chi connectivity index (χ1) is 16.5. The highest BCUT2D eigenvalue weighted by Gasteiger charge is 2.50. The second kappa shape index (κ2) is 10.8. The number of esters is 1. The number of ether oxygens (including phenoxy) is 2. The molecule has 1 fully saturated rings.